The molecule has 1 heterocycles. The Kier molecular flexibility index (Phi) is 4.13. The first-order chi connectivity index (χ1) is 9.31. The summed E-state index contributed by atoms with van der Waals surface area (Å²) in [5.41, 5.74) is 0.0145. The number of sulfonamides is 1. The molecule has 0 aliphatic carbocycles. The lowest BCUT2D eigenvalue weighted by atomic mass is 9.98. The highest BCUT2D eigenvalue weighted by molar-refractivity contribution is 7.89. The molecule has 0 radical (unpaired) electrons. The molecule has 20 heavy (non-hydrogen) atoms. The highest BCUT2D eigenvalue weighted by Gasteiger charge is 2.28. The van der Waals surface area contributed by atoms with Gasteiger partial charge in [-0.3, -0.25) is 4.98 Å². The molecule has 1 aromatic carbocycles. The van der Waals surface area contributed by atoms with Gasteiger partial charge in [-0.15, -0.1) is 0 Å². The van der Waals surface area contributed by atoms with Crippen LogP contribution in [0.3, 0.4) is 0 Å². The van der Waals surface area contributed by atoms with Crippen molar-refractivity contribution in [3.8, 4) is 0 Å². The lowest BCUT2D eigenvalue weighted by molar-refractivity contribution is 0.470. The lowest BCUT2D eigenvalue weighted by Crippen LogP contribution is -2.40. The van der Waals surface area contributed by atoms with Crippen LogP contribution in [-0.2, 0) is 15.6 Å². The maximum absolute atomic E-state index is 12.4. The highest BCUT2D eigenvalue weighted by Crippen LogP contribution is 2.23. The van der Waals surface area contributed by atoms with Gasteiger partial charge >= 0.3 is 0 Å². The van der Waals surface area contributed by atoms with Gasteiger partial charge in [0.1, 0.15) is 0 Å². The predicted molar refractivity (Wildman–Crippen MR) is 79.0 cm³/mol. The van der Waals surface area contributed by atoms with Crippen LogP contribution in [0, 0.1) is 0 Å². The molecule has 0 saturated heterocycles. The van der Waals surface area contributed by atoms with E-state index < -0.39 is 15.6 Å². The van der Waals surface area contributed by atoms with Gasteiger partial charge in [0, 0.05) is 17.4 Å². The van der Waals surface area contributed by atoms with Gasteiger partial charge in [0.05, 0.1) is 10.4 Å². The summed E-state index contributed by atoms with van der Waals surface area (Å²) < 4.78 is 27.4. The number of pyridine rings is 1. The lowest BCUT2D eigenvalue weighted by Gasteiger charge is -2.26. The van der Waals surface area contributed by atoms with Crippen LogP contribution in [0.5, 0.6) is 0 Å². The molecule has 0 amide bonds. The smallest absolute Gasteiger partial charge is 0.241 e. The first-order valence-electron chi connectivity index (χ1n) is 6.01. The van der Waals surface area contributed by atoms with Gasteiger partial charge in [0.2, 0.25) is 10.0 Å². The largest absolute Gasteiger partial charge is 0.264 e. The van der Waals surface area contributed by atoms with Crippen LogP contribution in [0.1, 0.15) is 19.4 Å². The molecule has 1 aromatic heterocycles. The maximum atomic E-state index is 12.4. The summed E-state index contributed by atoms with van der Waals surface area (Å²) in [5.74, 6) is 0. The molecule has 0 saturated carbocycles. The third-order valence-electron chi connectivity index (χ3n) is 2.88. The van der Waals surface area contributed by atoms with Crippen molar-refractivity contribution < 1.29 is 8.42 Å². The molecule has 0 unspecified atom stereocenters. The molecule has 4 nitrogen and oxygen atoms in total. The summed E-state index contributed by atoms with van der Waals surface area (Å²) in [4.78, 5) is 4.15. The van der Waals surface area contributed by atoms with Crippen molar-refractivity contribution >= 4 is 21.6 Å². The molecule has 2 rings (SSSR count). The predicted octanol–water partition coefficient (Wildman–Crippen LogP) is 2.95. The third-order valence-corrected chi connectivity index (χ3v) is 4.77. The van der Waals surface area contributed by atoms with E-state index in [1.807, 2.05) is 6.07 Å². The Labute approximate surface area is 123 Å². The zero-order chi connectivity index (χ0) is 14.8. The molecule has 106 valence electrons. The van der Waals surface area contributed by atoms with Gasteiger partial charge in [0.15, 0.2) is 0 Å². The van der Waals surface area contributed by atoms with E-state index in [-0.39, 0.29) is 4.90 Å². The van der Waals surface area contributed by atoms with E-state index >= 15 is 0 Å². The number of hydrogen-bond donors (Lipinski definition) is 1. The average molecular weight is 311 g/mol. The molecule has 1 N–H and O–H groups in total. The summed E-state index contributed by atoms with van der Waals surface area (Å²) >= 11 is 5.84. The van der Waals surface area contributed by atoms with E-state index in [0.29, 0.717) is 5.02 Å². The number of nitrogens with one attached hydrogen (secondary N) is 1. The van der Waals surface area contributed by atoms with Gasteiger partial charge in [-0.25, -0.2) is 13.1 Å². The fourth-order valence-corrected chi connectivity index (χ4v) is 3.52. The van der Waals surface area contributed by atoms with Crippen LogP contribution in [0.2, 0.25) is 5.02 Å². The molecule has 0 fully saturated rings. The molecule has 0 aliphatic rings. The molecule has 6 heteroatoms. The van der Waals surface area contributed by atoms with E-state index in [1.165, 1.54) is 12.1 Å². The number of nitrogens with zero attached hydrogens (tertiary/aromatic N) is 1. The van der Waals surface area contributed by atoms with Crippen molar-refractivity contribution in [1.82, 2.24) is 9.71 Å². The van der Waals surface area contributed by atoms with Gasteiger partial charge in [0.25, 0.3) is 0 Å². The molecular formula is C14H15ClN2O2S. The Hall–Kier alpha value is -1.43. The second-order valence-corrected chi connectivity index (χ2v) is 7.05. The van der Waals surface area contributed by atoms with Gasteiger partial charge in [-0.2, -0.15) is 0 Å². The van der Waals surface area contributed by atoms with Crippen LogP contribution >= 0.6 is 11.6 Å². The number of hydrogen-bond acceptors (Lipinski definition) is 3. The van der Waals surface area contributed by atoms with Gasteiger partial charge in [-0.05, 0) is 43.7 Å². The molecule has 2 aromatic rings. The van der Waals surface area contributed by atoms with Crippen LogP contribution in [0.25, 0.3) is 0 Å². The standard InChI is InChI=1S/C14H15ClN2O2S/c1-14(2,11-5-4-8-16-10-11)17-20(18,19)13-7-3-6-12(15)9-13/h3-10,17H,1-2H3. The normalized spacial score (nSPS) is 12.3. The minimum atomic E-state index is -3.65. The molecule has 0 spiro atoms. The van der Waals surface area contributed by atoms with Crippen molar-refractivity contribution in [1.29, 1.82) is 0 Å². The topological polar surface area (TPSA) is 59.1 Å². The Morgan fingerprint density at radius 2 is 1.95 bits per heavy atom. The summed E-state index contributed by atoms with van der Waals surface area (Å²) in [6.07, 6.45) is 3.28. The second-order valence-electron chi connectivity index (χ2n) is 4.93. The first kappa shape index (κ1) is 15.0. The van der Waals surface area contributed by atoms with Crippen LogP contribution in [0.4, 0.5) is 0 Å². The second kappa shape index (κ2) is 5.52. The van der Waals surface area contributed by atoms with E-state index in [1.54, 1.807) is 44.4 Å². The van der Waals surface area contributed by atoms with Crippen LogP contribution in [0.15, 0.2) is 53.7 Å². The zero-order valence-electron chi connectivity index (χ0n) is 11.2. The minimum absolute atomic E-state index is 0.141. The van der Waals surface area contributed by atoms with E-state index in [9.17, 15) is 8.42 Å². The average Bonchev–Trinajstić information content (AvgIpc) is 2.39. The first-order valence-corrected chi connectivity index (χ1v) is 7.87. The number of aromatic nitrogens is 1. The van der Waals surface area contributed by atoms with Crippen molar-refractivity contribution in [2.24, 2.45) is 0 Å². The molecule has 0 bridgehead atoms. The van der Waals surface area contributed by atoms with E-state index in [4.69, 9.17) is 11.6 Å². The maximum Gasteiger partial charge on any atom is 0.241 e. The van der Waals surface area contributed by atoms with Gasteiger partial charge < -0.3 is 0 Å². The highest BCUT2D eigenvalue weighted by atomic mass is 35.5. The molecule has 0 atom stereocenters. The number of halogens is 1. The minimum Gasteiger partial charge on any atom is -0.264 e. The van der Waals surface area contributed by atoms with Crippen molar-refractivity contribution in [2.75, 3.05) is 0 Å². The Morgan fingerprint density at radius 1 is 1.20 bits per heavy atom. The van der Waals surface area contributed by atoms with Crippen molar-refractivity contribution in [2.45, 2.75) is 24.3 Å². The Morgan fingerprint density at radius 3 is 2.55 bits per heavy atom. The summed E-state index contributed by atoms with van der Waals surface area (Å²) in [6, 6.07) is 9.76. The van der Waals surface area contributed by atoms with E-state index in [2.05, 4.69) is 9.71 Å². The van der Waals surface area contributed by atoms with E-state index in [0.717, 1.165) is 5.56 Å². The molecule has 0 aliphatic heterocycles. The number of rotatable bonds is 4. The summed E-state index contributed by atoms with van der Waals surface area (Å²) in [5, 5.41) is 0.382. The Balaban J connectivity index is 2.33. The fraction of sp³-hybridized carbons (Fsp3) is 0.214. The molecular weight excluding hydrogens is 296 g/mol. The van der Waals surface area contributed by atoms with Crippen LogP contribution < -0.4 is 4.72 Å². The number of benzene rings is 1. The Bertz CT molecular complexity index is 700. The quantitative estimate of drug-likeness (QED) is 0.944. The summed E-state index contributed by atoms with van der Waals surface area (Å²) in [7, 11) is -3.65. The fourth-order valence-electron chi connectivity index (χ4n) is 1.82. The summed E-state index contributed by atoms with van der Waals surface area (Å²) in [6.45, 7) is 3.57. The SMILES string of the molecule is CC(C)(NS(=O)(=O)c1cccc(Cl)c1)c1cccnc1. The van der Waals surface area contributed by atoms with Gasteiger partial charge in [-0.1, -0.05) is 23.7 Å². The third kappa shape index (κ3) is 3.36. The van der Waals surface area contributed by atoms with Crippen molar-refractivity contribution in [3.05, 3.63) is 59.4 Å². The zero-order valence-corrected chi connectivity index (χ0v) is 12.7. The monoisotopic (exact) mass is 310 g/mol. The van der Waals surface area contributed by atoms with Crippen LogP contribution in [-0.4, -0.2) is 13.4 Å². The van der Waals surface area contributed by atoms with Crippen molar-refractivity contribution in [3.63, 3.8) is 0 Å².